The highest BCUT2D eigenvalue weighted by Gasteiger charge is 2.21. The van der Waals surface area contributed by atoms with E-state index >= 15 is 0 Å². The topological polar surface area (TPSA) is 91.0 Å². The van der Waals surface area contributed by atoms with Crippen molar-refractivity contribution in [2.75, 3.05) is 17.7 Å². The molecule has 1 N–H and O–H groups in total. The third-order valence-corrected chi connectivity index (χ3v) is 7.99. The highest BCUT2D eigenvalue weighted by molar-refractivity contribution is 7.99. The van der Waals surface area contributed by atoms with E-state index < -0.39 is 0 Å². The van der Waals surface area contributed by atoms with Gasteiger partial charge in [0.15, 0.2) is 19.9 Å². The summed E-state index contributed by atoms with van der Waals surface area (Å²) in [6.07, 6.45) is 1.62. The normalized spacial score (nSPS) is 11.0. The van der Waals surface area contributed by atoms with Gasteiger partial charge in [0.25, 0.3) is 5.56 Å². The predicted molar refractivity (Wildman–Crippen MR) is 148 cm³/mol. The summed E-state index contributed by atoms with van der Waals surface area (Å²) >= 11 is 9.38. The zero-order valence-corrected chi connectivity index (χ0v) is 22.2. The highest BCUT2D eigenvalue weighted by atomic mass is 32.2. The van der Waals surface area contributed by atoms with E-state index in [1.54, 1.807) is 16.1 Å². The van der Waals surface area contributed by atoms with Gasteiger partial charge in [-0.1, -0.05) is 53.4 Å². The van der Waals surface area contributed by atoms with E-state index in [0.717, 1.165) is 0 Å². The van der Waals surface area contributed by atoms with Crippen LogP contribution in [0.4, 0.5) is 5.13 Å². The Labute approximate surface area is 223 Å². The first-order valence-electron chi connectivity index (χ1n) is 10.8. The maximum atomic E-state index is 13.8. The number of rotatable bonds is 8. The predicted octanol–water partition coefficient (Wildman–Crippen LogP) is 5.55. The lowest BCUT2D eigenvalue weighted by Crippen LogP contribution is -2.22. The maximum absolute atomic E-state index is 13.8. The van der Waals surface area contributed by atoms with E-state index in [0.29, 0.717) is 48.3 Å². The zero-order chi connectivity index (χ0) is 25.1. The van der Waals surface area contributed by atoms with Crippen molar-refractivity contribution in [2.45, 2.75) is 12.1 Å². The van der Waals surface area contributed by atoms with E-state index in [2.05, 4.69) is 10.3 Å². The quantitative estimate of drug-likeness (QED) is 0.153. The van der Waals surface area contributed by atoms with Crippen molar-refractivity contribution in [3.8, 4) is 17.1 Å². The summed E-state index contributed by atoms with van der Waals surface area (Å²) in [7, 11) is 0. The third kappa shape index (κ3) is 4.85. The van der Waals surface area contributed by atoms with Gasteiger partial charge < -0.3 is 10.1 Å². The molecule has 12 heteroatoms. The van der Waals surface area contributed by atoms with E-state index in [1.807, 2.05) is 61.5 Å². The molecule has 5 aromatic rings. The van der Waals surface area contributed by atoms with Gasteiger partial charge >= 0.3 is 0 Å². The molecule has 36 heavy (non-hydrogen) atoms. The van der Waals surface area contributed by atoms with Gasteiger partial charge in [0, 0.05) is 11.6 Å². The first kappa shape index (κ1) is 24.4. The van der Waals surface area contributed by atoms with Gasteiger partial charge in [-0.05, 0) is 43.4 Å². The Morgan fingerprint density at radius 2 is 1.92 bits per heavy atom. The molecule has 1 amide bonds. The SMILES string of the molecule is CCOc1ccccc1-n1c(=S)sc2c(=O)n(-c3ccccc3)c(SCC(=O)Nc3nccs3)nc21. The van der Waals surface area contributed by atoms with Gasteiger partial charge in [-0.2, -0.15) is 0 Å². The Morgan fingerprint density at radius 3 is 2.67 bits per heavy atom. The first-order valence-corrected chi connectivity index (χ1v) is 13.9. The van der Waals surface area contributed by atoms with Gasteiger partial charge in [-0.15, -0.1) is 11.3 Å². The highest BCUT2D eigenvalue weighted by Crippen LogP contribution is 2.31. The van der Waals surface area contributed by atoms with Gasteiger partial charge in [0.1, 0.15) is 10.4 Å². The van der Waals surface area contributed by atoms with Crippen LogP contribution in [-0.2, 0) is 4.79 Å². The second-order valence-electron chi connectivity index (χ2n) is 7.30. The molecule has 8 nitrogen and oxygen atoms in total. The van der Waals surface area contributed by atoms with Crippen LogP contribution in [0.25, 0.3) is 21.7 Å². The smallest absolute Gasteiger partial charge is 0.278 e. The summed E-state index contributed by atoms with van der Waals surface area (Å²) in [5.74, 6) is 0.444. The fourth-order valence-electron chi connectivity index (χ4n) is 3.54. The second kappa shape index (κ2) is 10.7. The number of benzene rings is 2. The summed E-state index contributed by atoms with van der Waals surface area (Å²) in [5, 5.41) is 5.44. The molecule has 0 spiro atoms. The number of amides is 1. The van der Waals surface area contributed by atoms with Crippen LogP contribution in [0.1, 0.15) is 6.92 Å². The summed E-state index contributed by atoms with van der Waals surface area (Å²) in [6, 6.07) is 16.7. The molecule has 3 aromatic heterocycles. The van der Waals surface area contributed by atoms with E-state index in [9.17, 15) is 9.59 Å². The Morgan fingerprint density at radius 1 is 1.14 bits per heavy atom. The van der Waals surface area contributed by atoms with E-state index in [-0.39, 0.29) is 17.2 Å². The van der Waals surface area contributed by atoms with Gasteiger partial charge in [0.05, 0.1) is 23.7 Å². The van der Waals surface area contributed by atoms with Crippen LogP contribution in [0, 0.1) is 3.95 Å². The van der Waals surface area contributed by atoms with E-state index in [1.165, 1.54) is 39.0 Å². The van der Waals surface area contributed by atoms with Crippen molar-refractivity contribution in [1.82, 2.24) is 19.1 Å². The largest absolute Gasteiger partial charge is 0.492 e. The van der Waals surface area contributed by atoms with Crippen molar-refractivity contribution < 1.29 is 9.53 Å². The minimum absolute atomic E-state index is 0.0464. The molecule has 0 unspecified atom stereocenters. The lowest BCUT2D eigenvalue weighted by atomic mass is 10.3. The third-order valence-electron chi connectivity index (χ3n) is 5.01. The maximum Gasteiger partial charge on any atom is 0.278 e. The van der Waals surface area contributed by atoms with Crippen LogP contribution in [0.2, 0.25) is 0 Å². The summed E-state index contributed by atoms with van der Waals surface area (Å²) in [5.41, 5.74) is 1.53. The molecule has 2 aromatic carbocycles. The molecule has 0 aliphatic heterocycles. The monoisotopic (exact) mass is 553 g/mol. The average molecular weight is 554 g/mol. The molecular formula is C24H19N5O3S4. The van der Waals surface area contributed by atoms with Crippen LogP contribution >= 0.6 is 46.7 Å². The Bertz CT molecular complexity index is 1640. The van der Waals surface area contributed by atoms with Crippen LogP contribution in [0.3, 0.4) is 0 Å². The number of nitrogens with one attached hydrogen (secondary N) is 1. The number of carbonyl (C=O) groups excluding carboxylic acids is 1. The zero-order valence-electron chi connectivity index (χ0n) is 18.9. The van der Waals surface area contributed by atoms with Crippen molar-refractivity contribution in [1.29, 1.82) is 0 Å². The fraction of sp³-hybridized carbons (Fsp3) is 0.125. The number of aromatic nitrogens is 4. The standard InChI is InChI=1S/C24H19N5O3S4/c1-2-32-17-11-7-6-10-16(17)29-20-19(36-24(29)33)21(31)28(15-8-4-3-5-9-15)23(27-20)35-14-18(30)26-22-25-12-13-34-22/h3-13H,2,14H2,1H3,(H,25,26,30). The van der Waals surface area contributed by atoms with Crippen molar-refractivity contribution in [3.63, 3.8) is 0 Å². The number of anilines is 1. The average Bonchev–Trinajstić information content (AvgIpc) is 3.51. The number of para-hydroxylation sites is 3. The minimum Gasteiger partial charge on any atom is -0.492 e. The number of carbonyl (C=O) groups is 1. The molecule has 0 radical (unpaired) electrons. The molecule has 0 aliphatic carbocycles. The van der Waals surface area contributed by atoms with Gasteiger partial charge in [-0.25, -0.2) is 9.97 Å². The molecule has 0 atom stereocenters. The second-order valence-corrected chi connectivity index (χ2v) is 10.8. The molecule has 0 fully saturated rings. The number of ether oxygens (including phenoxy) is 1. The summed E-state index contributed by atoms with van der Waals surface area (Å²) in [4.78, 5) is 35.3. The van der Waals surface area contributed by atoms with Crippen LogP contribution < -0.4 is 15.6 Å². The fourth-order valence-corrected chi connectivity index (χ4v) is 6.18. The molecule has 182 valence electrons. The molecule has 5 rings (SSSR count). The number of nitrogens with zero attached hydrogens (tertiary/aromatic N) is 4. The number of thioether (sulfide) groups is 1. The van der Waals surface area contributed by atoms with Crippen molar-refractivity contribution in [2.24, 2.45) is 0 Å². The molecule has 0 bridgehead atoms. The van der Waals surface area contributed by atoms with Crippen molar-refractivity contribution >= 4 is 68.0 Å². The molecule has 0 aliphatic rings. The van der Waals surface area contributed by atoms with Gasteiger partial charge in [0.2, 0.25) is 5.91 Å². The summed E-state index contributed by atoms with van der Waals surface area (Å²) in [6.45, 7) is 2.39. The Balaban J connectivity index is 1.65. The lowest BCUT2D eigenvalue weighted by Gasteiger charge is -2.14. The number of thiazole rings is 2. The molecular weight excluding hydrogens is 535 g/mol. The Hall–Kier alpha value is -3.32. The van der Waals surface area contributed by atoms with Gasteiger partial charge in [-0.3, -0.25) is 18.7 Å². The number of hydrogen-bond donors (Lipinski definition) is 1. The van der Waals surface area contributed by atoms with Crippen LogP contribution in [0.5, 0.6) is 5.75 Å². The molecule has 3 heterocycles. The molecule has 0 saturated carbocycles. The minimum atomic E-state index is -0.252. The lowest BCUT2D eigenvalue weighted by molar-refractivity contribution is -0.113. The van der Waals surface area contributed by atoms with Crippen LogP contribution in [0.15, 0.2) is 76.1 Å². The molecule has 0 saturated heterocycles. The van der Waals surface area contributed by atoms with Crippen molar-refractivity contribution in [3.05, 3.63) is 80.5 Å². The first-order chi connectivity index (χ1) is 17.6. The van der Waals surface area contributed by atoms with Crippen LogP contribution in [-0.4, -0.2) is 37.4 Å². The summed E-state index contributed by atoms with van der Waals surface area (Å²) < 4.78 is 9.99. The number of fused-ring (bicyclic) bond motifs is 1. The number of hydrogen-bond acceptors (Lipinski definition) is 9. The Kier molecular flexibility index (Phi) is 7.28. The van der Waals surface area contributed by atoms with E-state index in [4.69, 9.17) is 21.9 Å².